The summed E-state index contributed by atoms with van der Waals surface area (Å²) in [6.45, 7) is 0. The van der Waals surface area contributed by atoms with Crippen LogP contribution in [0.15, 0.2) is 47.6 Å². The van der Waals surface area contributed by atoms with Crippen molar-refractivity contribution in [3.8, 4) is 17.2 Å². The van der Waals surface area contributed by atoms with Gasteiger partial charge in [0.25, 0.3) is 5.91 Å². The number of carbonyl (C=O) groups excluding carboxylic acids is 1. The Bertz CT molecular complexity index is 759. The van der Waals surface area contributed by atoms with Gasteiger partial charge in [0, 0.05) is 7.11 Å². The third-order valence-corrected chi connectivity index (χ3v) is 3.69. The summed E-state index contributed by atoms with van der Waals surface area (Å²) < 4.78 is 20.8. The largest absolute Gasteiger partial charge is 0.497 e. The van der Waals surface area contributed by atoms with Gasteiger partial charge in [0.05, 0.1) is 27.5 Å². The number of nitrogens with zero attached hydrogens (tertiary/aromatic N) is 1. The van der Waals surface area contributed by atoms with Gasteiger partial charge in [-0.2, -0.15) is 5.10 Å². The first-order valence-corrected chi connectivity index (χ1v) is 7.84. The van der Waals surface area contributed by atoms with E-state index in [4.69, 9.17) is 18.9 Å². The van der Waals surface area contributed by atoms with Crippen molar-refractivity contribution in [2.75, 3.05) is 28.4 Å². The molecule has 0 spiro atoms. The number of hydrogen-bond donors (Lipinski definition) is 1. The van der Waals surface area contributed by atoms with Gasteiger partial charge in [0.2, 0.25) is 0 Å². The molecule has 7 nitrogen and oxygen atoms in total. The number of rotatable bonds is 8. The molecule has 26 heavy (non-hydrogen) atoms. The van der Waals surface area contributed by atoms with Gasteiger partial charge < -0.3 is 18.9 Å². The van der Waals surface area contributed by atoms with Gasteiger partial charge in [-0.05, 0) is 41.5 Å². The van der Waals surface area contributed by atoms with Crippen molar-refractivity contribution >= 4 is 12.1 Å². The van der Waals surface area contributed by atoms with Crippen LogP contribution in [0.2, 0.25) is 0 Å². The van der Waals surface area contributed by atoms with Crippen LogP contribution in [0, 0.1) is 0 Å². The molecule has 1 N–H and O–H groups in total. The van der Waals surface area contributed by atoms with Gasteiger partial charge in [-0.15, -0.1) is 0 Å². The summed E-state index contributed by atoms with van der Waals surface area (Å²) >= 11 is 0. The second-order valence-electron chi connectivity index (χ2n) is 5.24. The minimum atomic E-state index is -0.775. The first kappa shape index (κ1) is 19.3. The third-order valence-electron chi connectivity index (χ3n) is 3.69. The molecular weight excluding hydrogens is 336 g/mol. The van der Waals surface area contributed by atoms with Crippen molar-refractivity contribution < 1.29 is 23.7 Å². The van der Waals surface area contributed by atoms with Crippen LogP contribution >= 0.6 is 0 Å². The highest BCUT2D eigenvalue weighted by molar-refractivity contribution is 5.85. The Kier molecular flexibility index (Phi) is 6.99. The first-order valence-electron chi connectivity index (χ1n) is 7.84. The lowest BCUT2D eigenvalue weighted by Crippen LogP contribution is -2.26. The van der Waals surface area contributed by atoms with Crippen LogP contribution in [0.25, 0.3) is 0 Å². The Hall–Kier alpha value is -3.06. The lowest BCUT2D eigenvalue weighted by atomic mass is 10.1. The summed E-state index contributed by atoms with van der Waals surface area (Å²) in [5.41, 5.74) is 3.93. The molecule has 0 fully saturated rings. The summed E-state index contributed by atoms with van der Waals surface area (Å²) in [7, 11) is 6.17. The highest BCUT2D eigenvalue weighted by Gasteiger charge is 2.19. The molecule has 1 atom stereocenters. The molecule has 0 aliphatic carbocycles. The van der Waals surface area contributed by atoms with Gasteiger partial charge in [-0.3, -0.25) is 4.79 Å². The monoisotopic (exact) mass is 358 g/mol. The normalized spacial score (nSPS) is 11.8. The van der Waals surface area contributed by atoms with E-state index in [1.54, 1.807) is 63.8 Å². The van der Waals surface area contributed by atoms with Gasteiger partial charge in [-0.1, -0.05) is 12.1 Å². The number of nitrogens with one attached hydrogen (secondary N) is 1. The first-order chi connectivity index (χ1) is 12.6. The highest BCUT2D eigenvalue weighted by atomic mass is 16.5. The summed E-state index contributed by atoms with van der Waals surface area (Å²) in [5.74, 6) is 1.52. The van der Waals surface area contributed by atoms with Crippen molar-refractivity contribution in [3.63, 3.8) is 0 Å². The van der Waals surface area contributed by atoms with Crippen LogP contribution in [-0.4, -0.2) is 40.6 Å². The molecule has 0 aromatic heterocycles. The van der Waals surface area contributed by atoms with E-state index in [0.717, 1.165) is 5.56 Å². The average Bonchev–Trinajstić information content (AvgIpc) is 2.69. The summed E-state index contributed by atoms with van der Waals surface area (Å²) in [5, 5.41) is 3.97. The molecule has 2 aromatic rings. The molecule has 1 unspecified atom stereocenters. The highest BCUT2D eigenvalue weighted by Crippen LogP contribution is 2.26. The number of hydrogen-bond acceptors (Lipinski definition) is 6. The average molecular weight is 358 g/mol. The van der Waals surface area contributed by atoms with E-state index >= 15 is 0 Å². The van der Waals surface area contributed by atoms with E-state index < -0.39 is 6.10 Å². The minimum Gasteiger partial charge on any atom is -0.497 e. The second kappa shape index (κ2) is 9.43. The van der Waals surface area contributed by atoms with Crippen LogP contribution in [0.4, 0.5) is 0 Å². The molecule has 0 bridgehead atoms. The third kappa shape index (κ3) is 4.73. The van der Waals surface area contributed by atoms with Crippen molar-refractivity contribution in [2.45, 2.75) is 6.10 Å². The van der Waals surface area contributed by atoms with Crippen molar-refractivity contribution in [1.82, 2.24) is 5.43 Å². The summed E-state index contributed by atoms with van der Waals surface area (Å²) in [4.78, 5) is 12.3. The fourth-order valence-electron chi connectivity index (χ4n) is 2.34. The van der Waals surface area contributed by atoms with E-state index in [2.05, 4.69) is 10.5 Å². The van der Waals surface area contributed by atoms with E-state index in [1.807, 2.05) is 0 Å². The lowest BCUT2D eigenvalue weighted by Gasteiger charge is -2.14. The number of ether oxygens (including phenoxy) is 4. The fourth-order valence-corrected chi connectivity index (χ4v) is 2.34. The standard InChI is InChI=1S/C19H22N2O5/c1-23-15-8-6-14(7-9-15)18(26-4)19(22)21-20-12-13-5-10-16(24-2)17(11-13)25-3/h5-12,18H,1-4H3,(H,21,22)/b20-12+. The number of methoxy groups -OCH3 is 4. The topological polar surface area (TPSA) is 78.4 Å². The molecule has 0 heterocycles. The Morgan fingerprint density at radius 2 is 1.65 bits per heavy atom. The van der Waals surface area contributed by atoms with E-state index in [0.29, 0.717) is 22.8 Å². The fraction of sp³-hybridized carbons (Fsp3) is 0.263. The van der Waals surface area contributed by atoms with Crippen molar-refractivity contribution in [3.05, 3.63) is 53.6 Å². The Balaban J connectivity index is 2.04. The van der Waals surface area contributed by atoms with Gasteiger partial charge in [0.1, 0.15) is 5.75 Å². The minimum absolute atomic E-state index is 0.380. The molecule has 7 heteroatoms. The summed E-state index contributed by atoms with van der Waals surface area (Å²) in [6.07, 6.45) is 0.740. The predicted octanol–water partition coefficient (Wildman–Crippen LogP) is 2.55. The lowest BCUT2D eigenvalue weighted by molar-refractivity contribution is -0.131. The zero-order chi connectivity index (χ0) is 18.9. The molecular formula is C19H22N2O5. The molecule has 2 aromatic carbocycles. The van der Waals surface area contributed by atoms with Crippen LogP contribution in [0.1, 0.15) is 17.2 Å². The van der Waals surface area contributed by atoms with E-state index in [-0.39, 0.29) is 5.91 Å². The predicted molar refractivity (Wildman–Crippen MR) is 98.0 cm³/mol. The molecule has 0 radical (unpaired) electrons. The van der Waals surface area contributed by atoms with E-state index in [1.165, 1.54) is 13.3 Å². The number of hydrazone groups is 1. The van der Waals surface area contributed by atoms with Crippen LogP contribution in [-0.2, 0) is 9.53 Å². The van der Waals surface area contributed by atoms with Gasteiger partial charge in [0.15, 0.2) is 17.6 Å². The van der Waals surface area contributed by atoms with Crippen molar-refractivity contribution in [2.24, 2.45) is 5.10 Å². The van der Waals surface area contributed by atoms with Crippen LogP contribution < -0.4 is 19.6 Å². The number of amides is 1. The maximum atomic E-state index is 12.3. The zero-order valence-corrected chi connectivity index (χ0v) is 15.2. The maximum absolute atomic E-state index is 12.3. The quantitative estimate of drug-likeness (QED) is 0.580. The van der Waals surface area contributed by atoms with Crippen molar-refractivity contribution in [1.29, 1.82) is 0 Å². The number of carbonyl (C=O) groups is 1. The number of benzene rings is 2. The summed E-state index contributed by atoms with van der Waals surface area (Å²) in [6, 6.07) is 12.4. The molecule has 0 aliphatic heterocycles. The molecule has 1 amide bonds. The molecule has 138 valence electrons. The SMILES string of the molecule is COc1ccc(C(OC)C(=O)N/N=C/c2ccc(OC)c(OC)c2)cc1. The maximum Gasteiger partial charge on any atom is 0.273 e. The Morgan fingerprint density at radius 1 is 0.962 bits per heavy atom. The van der Waals surface area contributed by atoms with Crippen LogP contribution in [0.5, 0.6) is 17.2 Å². The second-order valence-corrected chi connectivity index (χ2v) is 5.24. The van der Waals surface area contributed by atoms with Crippen LogP contribution in [0.3, 0.4) is 0 Å². The Labute approximate surface area is 152 Å². The zero-order valence-electron chi connectivity index (χ0n) is 15.2. The van der Waals surface area contributed by atoms with Gasteiger partial charge in [-0.25, -0.2) is 5.43 Å². The molecule has 0 saturated carbocycles. The van der Waals surface area contributed by atoms with Gasteiger partial charge >= 0.3 is 0 Å². The smallest absolute Gasteiger partial charge is 0.273 e. The molecule has 0 aliphatic rings. The van der Waals surface area contributed by atoms with E-state index in [9.17, 15) is 4.79 Å². The molecule has 0 saturated heterocycles. The Morgan fingerprint density at radius 3 is 2.23 bits per heavy atom. The molecule has 2 rings (SSSR count).